The fourth-order valence-electron chi connectivity index (χ4n) is 0.552. The number of pyridine rings is 1. The van der Waals surface area contributed by atoms with E-state index in [1.54, 1.807) is 18.3 Å². The normalized spacial score (nSPS) is 9.33. The zero-order valence-corrected chi connectivity index (χ0v) is 4.50. The predicted molar refractivity (Wildman–Crippen MR) is 29.9 cm³/mol. The average Bonchev–Trinajstić information content (AvgIpc) is 1.72. The highest BCUT2D eigenvalue weighted by Crippen LogP contribution is 2.12. The van der Waals surface area contributed by atoms with Gasteiger partial charge in [-0.05, 0) is 12.1 Å². The van der Waals surface area contributed by atoms with Gasteiger partial charge in [0, 0.05) is 6.20 Å². The summed E-state index contributed by atoms with van der Waals surface area (Å²) in [6.07, 6.45) is 1.65. The van der Waals surface area contributed by atoms with Crippen LogP contribution >= 0.6 is 0 Å². The van der Waals surface area contributed by atoms with Gasteiger partial charge in [0.1, 0.15) is 0 Å². The van der Waals surface area contributed by atoms with Crippen LogP contribution in [0.15, 0.2) is 27.5 Å². The molecule has 2 aromatic rings. The summed E-state index contributed by atoms with van der Waals surface area (Å²) in [7, 11) is 0. The summed E-state index contributed by atoms with van der Waals surface area (Å²) in [6.45, 7) is 0. The maximum absolute atomic E-state index is 4.51. The zero-order valence-electron chi connectivity index (χ0n) is 4.50. The van der Waals surface area contributed by atoms with Gasteiger partial charge < -0.3 is 5.48 Å². The summed E-state index contributed by atoms with van der Waals surface area (Å²) >= 11 is 0. The molecule has 0 aliphatic heterocycles. The lowest BCUT2D eigenvalue weighted by molar-refractivity contribution is 0.0549. The molecule has 4 heteroatoms. The van der Waals surface area contributed by atoms with E-state index >= 15 is 0 Å². The molecule has 9 heavy (non-hydrogen) atoms. The molecule has 2 rings (SSSR count). The zero-order chi connectivity index (χ0) is 5.40. The van der Waals surface area contributed by atoms with Gasteiger partial charge in [0.2, 0.25) is 5.58 Å². The van der Waals surface area contributed by atoms with Crippen LogP contribution in [-0.2, 0) is 0 Å². The SMILES string of the molecule is O.c1cnc2ooc2c1. The number of fused-ring (bicyclic) bond motifs is 1. The molecule has 0 saturated carbocycles. The molecule has 2 aromatic heterocycles. The van der Waals surface area contributed by atoms with E-state index in [0.29, 0.717) is 11.3 Å². The van der Waals surface area contributed by atoms with Crippen molar-refractivity contribution in [1.82, 2.24) is 4.98 Å². The summed E-state index contributed by atoms with van der Waals surface area (Å²) in [6, 6.07) is 3.59. The first-order valence-electron chi connectivity index (χ1n) is 2.26. The minimum Gasteiger partial charge on any atom is -0.412 e. The van der Waals surface area contributed by atoms with Crippen LogP contribution in [0, 0.1) is 0 Å². The Balaban J connectivity index is 0.000000405. The number of rotatable bonds is 0. The summed E-state index contributed by atoms with van der Waals surface area (Å²) < 4.78 is 8.98. The van der Waals surface area contributed by atoms with E-state index in [1.807, 2.05) is 0 Å². The Kier molecular flexibility index (Phi) is 1.24. The van der Waals surface area contributed by atoms with Crippen molar-refractivity contribution in [3.8, 4) is 0 Å². The first-order valence-corrected chi connectivity index (χ1v) is 2.26. The Bertz CT molecular complexity index is 255. The maximum Gasteiger partial charge on any atom is 0.317 e. The van der Waals surface area contributed by atoms with Crippen LogP contribution in [0.4, 0.5) is 0 Å². The third-order valence-electron chi connectivity index (χ3n) is 0.947. The second kappa shape index (κ2) is 1.91. The number of hydrogen-bond donors (Lipinski definition) is 0. The highest BCUT2D eigenvalue weighted by Gasteiger charge is 2.00. The van der Waals surface area contributed by atoms with Crippen molar-refractivity contribution in [3.63, 3.8) is 0 Å². The maximum atomic E-state index is 4.51. The van der Waals surface area contributed by atoms with Gasteiger partial charge >= 0.3 is 5.71 Å². The topological polar surface area (TPSA) is 70.7 Å². The highest BCUT2D eigenvalue weighted by atomic mass is 17.0. The van der Waals surface area contributed by atoms with Gasteiger partial charge in [-0.15, -0.1) is 0 Å². The summed E-state index contributed by atoms with van der Waals surface area (Å²) in [5.74, 6) is 0. The van der Waals surface area contributed by atoms with Crippen LogP contribution in [0.1, 0.15) is 0 Å². The molecule has 4 nitrogen and oxygen atoms in total. The summed E-state index contributed by atoms with van der Waals surface area (Å²) in [5, 5.41) is 0. The molecule has 0 bridgehead atoms. The second-order valence-corrected chi connectivity index (χ2v) is 1.47. The molecule has 0 atom stereocenters. The molecule has 2 N–H and O–H groups in total. The average molecular weight is 127 g/mol. The largest absolute Gasteiger partial charge is 0.412 e. The van der Waals surface area contributed by atoms with Gasteiger partial charge in [-0.3, -0.25) is 9.15 Å². The van der Waals surface area contributed by atoms with E-state index in [2.05, 4.69) is 14.1 Å². The monoisotopic (exact) mass is 127 g/mol. The van der Waals surface area contributed by atoms with Crippen molar-refractivity contribution in [1.29, 1.82) is 0 Å². The van der Waals surface area contributed by atoms with E-state index in [0.717, 1.165) is 0 Å². The Labute approximate surface area is 50.3 Å². The third-order valence-corrected chi connectivity index (χ3v) is 0.947. The molecule has 0 fully saturated rings. The molecule has 0 aromatic carbocycles. The van der Waals surface area contributed by atoms with Crippen LogP contribution in [0.3, 0.4) is 0 Å². The van der Waals surface area contributed by atoms with Crippen LogP contribution in [0.5, 0.6) is 0 Å². The van der Waals surface area contributed by atoms with Crippen molar-refractivity contribution < 1.29 is 14.6 Å². The van der Waals surface area contributed by atoms with Crippen molar-refractivity contribution >= 4 is 11.3 Å². The minimum absolute atomic E-state index is 0. The standard InChI is InChI=1S/C5H3NO2.H2O/c1-2-4-5(6-3-1)8-7-4;/h1-3H;1H2. The van der Waals surface area contributed by atoms with Crippen LogP contribution in [0.2, 0.25) is 0 Å². The lowest BCUT2D eigenvalue weighted by atomic mass is 10.5. The van der Waals surface area contributed by atoms with E-state index in [-0.39, 0.29) is 5.48 Å². The van der Waals surface area contributed by atoms with Crippen LogP contribution in [-0.4, -0.2) is 10.5 Å². The summed E-state index contributed by atoms with van der Waals surface area (Å²) in [5.41, 5.74) is 1.29. The third kappa shape index (κ3) is 0.688. The van der Waals surface area contributed by atoms with Crippen molar-refractivity contribution in [3.05, 3.63) is 18.3 Å². The molecule has 0 unspecified atom stereocenters. The summed E-state index contributed by atoms with van der Waals surface area (Å²) in [4.78, 5) is 3.82. The van der Waals surface area contributed by atoms with Crippen molar-refractivity contribution in [2.24, 2.45) is 0 Å². The Hall–Kier alpha value is -1.29. The molecule has 0 aliphatic rings. The van der Waals surface area contributed by atoms with Gasteiger partial charge in [-0.2, -0.15) is 0 Å². The Morgan fingerprint density at radius 2 is 2.22 bits per heavy atom. The molecule has 0 spiro atoms. The predicted octanol–water partition coefficient (Wildman–Crippen LogP) is 0.596. The van der Waals surface area contributed by atoms with E-state index < -0.39 is 0 Å². The van der Waals surface area contributed by atoms with E-state index in [4.69, 9.17) is 0 Å². The first kappa shape index (κ1) is 5.84. The molecular formula is C5H5NO3. The van der Waals surface area contributed by atoms with Gasteiger partial charge in [-0.1, -0.05) is 0 Å². The van der Waals surface area contributed by atoms with Crippen molar-refractivity contribution in [2.45, 2.75) is 0 Å². The lowest BCUT2D eigenvalue weighted by Crippen LogP contribution is -1.77. The minimum atomic E-state index is 0. The molecule has 0 radical (unpaired) electrons. The fraction of sp³-hybridized carbons (Fsp3) is 0. The number of aromatic nitrogens is 1. The van der Waals surface area contributed by atoms with E-state index in [9.17, 15) is 0 Å². The smallest absolute Gasteiger partial charge is 0.317 e. The number of nitrogens with zero attached hydrogens (tertiary/aromatic N) is 1. The molecule has 48 valence electrons. The Morgan fingerprint density at radius 1 is 1.33 bits per heavy atom. The van der Waals surface area contributed by atoms with Crippen LogP contribution in [0.25, 0.3) is 11.3 Å². The van der Waals surface area contributed by atoms with Crippen LogP contribution < -0.4 is 0 Å². The highest BCUT2D eigenvalue weighted by molar-refractivity contribution is 5.64. The second-order valence-electron chi connectivity index (χ2n) is 1.47. The van der Waals surface area contributed by atoms with Gasteiger partial charge in [0.15, 0.2) is 0 Å². The molecule has 0 aliphatic carbocycles. The number of hydrogen-bond acceptors (Lipinski definition) is 3. The molecule has 2 heterocycles. The molecule has 0 saturated heterocycles. The molecular weight excluding hydrogens is 122 g/mol. The quantitative estimate of drug-likeness (QED) is 0.486. The Morgan fingerprint density at radius 3 is 2.56 bits per heavy atom. The van der Waals surface area contributed by atoms with Gasteiger partial charge in [-0.25, -0.2) is 4.98 Å². The first-order chi connectivity index (χ1) is 3.97. The van der Waals surface area contributed by atoms with Gasteiger partial charge in [0.05, 0.1) is 0 Å². The van der Waals surface area contributed by atoms with Crippen molar-refractivity contribution in [2.75, 3.05) is 0 Å². The van der Waals surface area contributed by atoms with Gasteiger partial charge in [0.25, 0.3) is 0 Å². The van der Waals surface area contributed by atoms with E-state index in [1.165, 1.54) is 0 Å². The fourth-order valence-corrected chi connectivity index (χ4v) is 0.552. The lowest BCUT2D eigenvalue weighted by Gasteiger charge is -1.91. The molecule has 0 amide bonds.